The van der Waals surface area contributed by atoms with Crippen LogP contribution in [0, 0.1) is 6.92 Å². The number of carbonyl (C=O) groups is 2. The number of hydrogen-bond donors (Lipinski definition) is 3. The lowest BCUT2D eigenvalue weighted by Crippen LogP contribution is -2.54. The number of alkyl carbamates (subject to hydrolysis) is 1. The molecular weight excluding hydrogens is 532 g/mol. The average Bonchev–Trinajstić information content (AvgIpc) is 3.47. The molecule has 0 bridgehead atoms. The number of piperazine rings is 1. The summed E-state index contributed by atoms with van der Waals surface area (Å²) in [6.45, 7) is 4.82. The van der Waals surface area contributed by atoms with Crippen molar-refractivity contribution < 1.29 is 19.1 Å². The second-order valence-electron chi connectivity index (χ2n) is 11.0. The Morgan fingerprint density at radius 3 is 2.67 bits per heavy atom. The highest BCUT2D eigenvalue weighted by Gasteiger charge is 2.35. The van der Waals surface area contributed by atoms with Crippen LogP contribution in [0.2, 0.25) is 0 Å². The Balaban J connectivity index is 1.40. The molecule has 2 amide bonds. The minimum Gasteiger partial charge on any atom is -0.496 e. The lowest BCUT2D eigenvalue weighted by molar-refractivity contribution is 0.0624. The highest BCUT2D eigenvalue weighted by Crippen LogP contribution is 2.35. The Kier molecular flexibility index (Phi) is 9.63. The van der Waals surface area contributed by atoms with Gasteiger partial charge in [-0.05, 0) is 38.3 Å². The van der Waals surface area contributed by atoms with E-state index in [1.807, 2.05) is 60.4 Å². The first-order chi connectivity index (χ1) is 20.5. The first-order valence-electron chi connectivity index (χ1n) is 14.9. The maximum atomic E-state index is 14.3. The molecule has 2 fully saturated rings. The van der Waals surface area contributed by atoms with Crippen molar-refractivity contribution in [2.45, 2.75) is 57.2 Å². The zero-order chi connectivity index (χ0) is 29.5. The maximum Gasteiger partial charge on any atom is 0.407 e. The van der Waals surface area contributed by atoms with Crippen LogP contribution in [-0.4, -0.2) is 78.9 Å². The topological polar surface area (TPSA) is 110 Å². The van der Waals surface area contributed by atoms with Crippen LogP contribution in [0.15, 0.2) is 54.9 Å². The number of amides is 2. The van der Waals surface area contributed by atoms with E-state index < -0.39 is 6.09 Å². The Hall–Kier alpha value is -4.05. The molecule has 42 heavy (non-hydrogen) atoms. The van der Waals surface area contributed by atoms with Crippen LogP contribution in [0.4, 0.5) is 10.5 Å². The van der Waals surface area contributed by atoms with Crippen molar-refractivity contribution in [2.75, 3.05) is 45.7 Å². The third-order valence-electron chi connectivity index (χ3n) is 8.53. The summed E-state index contributed by atoms with van der Waals surface area (Å²) in [7, 11) is 3.06. The van der Waals surface area contributed by atoms with E-state index in [1.165, 1.54) is 7.11 Å². The molecule has 0 spiro atoms. The first kappa shape index (κ1) is 29.4. The molecule has 5 rings (SSSR count). The number of ether oxygens (including phenoxy) is 2. The van der Waals surface area contributed by atoms with Gasteiger partial charge in [-0.2, -0.15) is 0 Å². The number of methoxy groups -OCH3 is 2. The third-order valence-corrected chi connectivity index (χ3v) is 8.53. The number of carbonyl (C=O) groups excluding carboxylic acids is 2. The van der Waals surface area contributed by atoms with E-state index in [4.69, 9.17) is 14.5 Å². The predicted molar refractivity (Wildman–Crippen MR) is 163 cm³/mol. The van der Waals surface area contributed by atoms with E-state index in [2.05, 4.69) is 20.5 Å². The van der Waals surface area contributed by atoms with Gasteiger partial charge in [0, 0.05) is 49.0 Å². The largest absolute Gasteiger partial charge is 0.496 e. The van der Waals surface area contributed by atoms with Crippen molar-refractivity contribution >= 4 is 17.7 Å². The third kappa shape index (κ3) is 6.38. The second kappa shape index (κ2) is 13.7. The summed E-state index contributed by atoms with van der Waals surface area (Å²) in [5, 5.41) is 10.0. The molecule has 2 aromatic carbocycles. The van der Waals surface area contributed by atoms with Crippen LogP contribution in [0.25, 0.3) is 11.3 Å². The van der Waals surface area contributed by atoms with Crippen LogP contribution >= 0.6 is 0 Å². The van der Waals surface area contributed by atoms with Gasteiger partial charge in [0.1, 0.15) is 5.75 Å². The van der Waals surface area contributed by atoms with Gasteiger partial charge in [-0.25, -0.2) is 9.78 Å². The SMILES string of the molecule is COC(=O)N[C@H]1CCCC[C@@H]1n1cnc(C(=O)N2CCNC[C@H]2CCNc2cccc(OC)c2C)c1-c1ccccc1. The fourth-order valence-corrected chi connectivity index (χ4v) is 6.30. The predicted octanol–water partition coefficient (Wildman–Crippen LogP) is 4.62. The van der Waals surface area contributed by atoms with Gasteiger partial charge in [-0.1, -0.05) is 49.2 Å². The molecule has 1 saturated heterocycles. The number of nitrogens with zero attached hydrogens (tertiary/aromatic N) is 3. The summed E-state index contributed by atoms with van der Waals surface area (Å²) in [4.78, 5) is 33.2. The van der Waals surface area contributed by atoms with Gasteiger partial charge in [0.2, 0.25) is 0 Å². The van der Waals surface area contributed by atoms with Crippen molar-refractivity contribution in [3.63, 3.8) is 0 Å². The van der Waals surface area contributed by atoms with Crippen LogP contribution in [-0.2, 0) is 4.74 Å². The van der Waals surface area contributed by atoms with Crippen molar-refractivity contribution in [3.05, 3.63) is 66.1 Å². The molecule has 2 heterocycles. The smallest absolute Gasteiger partial charge is 0.407 e. The zero-order valence-corrected chi connectivity index (χ0v) is 24.8. The van der Waals surface area contributed by atoms with Gasteiger partial charge in [-0.3, -0.25) is 4.79 Å². The lowest BCUT2D eigenvalue weighted by Gasteiger charge is -2.36. The zero-order valence-electron chi connectivity index (χ0n) is 24.8. The van der Waals surface area contributed by atoms with Gasteiger partial charge in [-0.15, -0.1) is 0 Å². The maximum absolute atomic E-state index is 14.3. The van der Waals surface area contributed by atoms with Crippen molar-refractivity contribution in [2.24, 2.45) is 0 Å². The molecule has 3 atom stereocenters. The van der Waals surface area contributed by atoms with Crippen LogP contribution in [0.1, 0.15) is 54.2 Å². The molecule has 1 saturated carbocycles. The summed E-state index contributed by atoms with van der Waals surface area (Å²) in [6.07, 6.45) is 5.91. The molecule has 10 nitrogen and oxygen atoms in total. The minimum atomic E-state index is -0.439. The molecular formula is C32H42N6O4. The molecule has 1 aliphatic heterocycles. The number of benzene rings is 2. The molecule has 224 valence electrons. The number of nitrogens with one attached hydrogen (secondary N) is 3. The molecule has 1 aliphatic carbocycles. The molecule has 10 heteroatoms. The fraction of sp³-hybridized carbons (Fsp3) is 0.469. The number of imidazole rings is 1. The Morgan fingerprint density at radius 2 is 1.88 bits per heavy atom. The molecule has 1 aromatic heterocycles. The first-order valence-corrected chi connectivity index (χ1v) is 14.9. The van der Waals surface area contributed by atoms with Crippen LogP contribution in [0.3, 0.4) is 0 Å². The van der Waals surface area contributed by atoms with E-state index >= 15 is 0 Å². The summed E-state index contributed by atoms with van der Waals surface area (Å²) >= 11 is 0. The highest BCUT2D eigenvalue weighted by atomic mass is 16.5. The summed E-state index contributed by atoms with van der Waals surface area (Å²) in [5.74, 6) is 0.784. The Morgan fingerprint density at radius 1 is 1.07 bits per heavy atom. The molecule has 2 aliphatic rings. The van der Waals surface area contributed by atoms with Gasteiger partial charge in [0.25, 0.3) is 5.91 Å². The van der Waals surface area contributed by atoms with Crippen LogP contribution < -0.4 is 20.7 Å². The Bertz CT molecular complexity index is 1360. The van der Waals surface area contributed by atoms with Gasteiger partial charge in [0.05, 0.1) is 38.3 Å². The van der Waals surface area contributed by atoms with E-state index in [1.54, 1.807) is 13.4 Å². The average molecular weight is 575 g/mol. The van der Waals surface area contributed by atoms with Crippen molar-refractivity contribution in [1.29, 1.82) is 0 Å². The van der Waals surface area contributed by atoms with Crippen molar-refractivity contribution in [3.8, 4) is 17.0 Å². The summed E-state index contributed by atoms with van der Waals surface area (Å²) in [6, 6.07) is 15.8. The number of hydrogen-bond acceptors (Lipinski definition) is 7. The van der Waals surface area contributed by atoms with Gasteiger partial charge >= 0.3 is 6.09 Å². The normalized spacial score (nSPS) is 20.5. The van der Waals surface area contributed by atoms with Crippen LogP contribution in [0.5, 0.6) is 5.75 Å². The lowest BCUT2D eigenvalue weighted by atomic mass is 9.89. The molecule has 3 aromatic rings. The number of aromatic nitrogens is 2. The molecule has 3 N–H and O–H groups in total. The Labute approximate surface area is 247 Å². The fourth-order valence-electron chi connectivity index (χ4n) is 6.30. The van der Waals surface area contributed by atoms with E-state index in [0.717, 1.165) is 73.5 Å². The number of anilines is 1. The minimum absolute atomic E-state index is 0.0156. The van der Waals surface area contributed by atoms with E-state index in [-0.39, 0.29) is 24.0 Å². The summed E-state index contributed by atoms with van der Waals surface area (Å²) < 4.78 is 12.5. The van der Waals surface area contributed by atoms with E-state index in [0.29, 0.717) is 18.8 Å². The van der Waals surface area contributed by atoms with E-state index in [9.17, 15) is 9.59 Å². The molecule has 0 radical (unpaired) electrons. The van der Waals surface area contributed by atoms with Crippen molar-refractivity contribution in [1.82, 2.24) is 25.1 Å². The van der Waals surface area contributed by atoms with Gasteiger partial charge in [0.15, 0.2) is 5.69 Å². The summed E-state index contributed by atoms with van der Waals surface area (Å²) in [5.41, 5.74) is 4.28. The monoisotopic (exact) mass is 574 g/mol. The number of rotatable bonds is 9. The quantitative estimate of drug-likeness (QED) is 0.342. The van der Waals surface area contributed by atoms with Gasteiger partial charge < -0.3 is 34.9 Å². The highest BCUT2D eigenvalue weighted by molar-refractivity contribution is 5.98. The second-order valence-corrected chi connectivity index (χ2v) is 11.0. The molecule has 0 unspecified atom stereocenters. The standard InChI is InChI=1S/C32H42N6O4/c1-22-25(13-9-15-28(22)41-2)34-17-16-24-20-33-18-19-37(24)31(39)29-30(23-10-5-4-6-11-23)38(21-35-29)27-14-8-7-12-26(27)36-32(40)42-3/h4-6,9-11,13,15,21,24,26-27,33-34H,7-8,12,14,16-20H2,1-3H3,(H,36,40)/t24-,26+,27+/m1/s1.